The zero-order valence-electron chi connectivity index (χ0n) is 15.1. The van der Waals surface area contributed by atoms with Gasteiger partial charge in [0.15, 0.2) is 5.76 Å². The largest absolute Gasteiger partial charge is 0.503 e. The smallest absolute Gasteiger partial charge is 0.289 e. The summed E-state index contributed by atoms with van der Waals surface area (Å²) < 4.78 is 0. The Labute approximate surface area is 148 Å². The second-order valence-electron chi connectivity index (χ2n) is 7.36. The summed E-state index contributed by atoms with van der Waals surface area (Å²) in [5.74, 6) is -0.702. The third-order valence-corrected chi connectivity index (χ3v) is 5.33. The molecule has 1 fully saturated rings. The molecule has 2 amide bonds. The van der Waals surface area contributed by atoms with Crippen molar-refractivity contribution in [3.63, 3.8) is 0 Å². The van der Waals surface area contributed by atoms with Crippen molar-refractivity contribution in [3.05, 3.63) is 46.2 Å². The fourth-order valence-electron chi connectivity index (χ4n) is 3.33. The number of rotatable bonds is 6. The lowest BCUT2D eigenvalue weighted by Gasteiger charge is -2.19. The van der Waals surface area contributed by atoms with Crippen molar-refractivity contribution in [1.29, 1.82) is 0 Å². The lowest BCUT2D eigenvalue weighted by Crippen LogP contribution is -2.38. The minimum Gasteiger partial charge on any atom is -0.503 e. The minimum atomic E-state index is -0.483. The molecule has 5 nitrogen and oxygen atoms in total. The summed E-state index contributed by atoms with van der Waals surface area (Å²) in [4.78, 5) is 25.5. The molecule has 0 saturated heterocycles. The molecule has 1 atom stereocenters. The molecule has 0 radical (unpaired) electrons. The van der Waals surface area contributed by atoms with E-state index >= 15 is 0 Å². The number of hydrogen-bond acceptors (Lipinski definition) is 3. The van der Waals surface area contributed by atoms with Crippen molar-refractivity contribution >= 4 is 11.8 Å². The van der Waals surface area contributed by atoms with Gasteiger partial charge in [0.2, 0.25) is 0 Å². The summed E-state index contributed by atoms with van der Waals surface area (Å²) in [6.07, 6.45) is 4.03. The molecular weight excluding hydrogens is 316 g/mol. The maximum absolute atomic E-state index is 12.5. The van der Waals surface area contributed by atoms with Crippen LogP contribution in [-0.4, -0.2) is 41.5 Å². The van der Waals surface area contributed by atoms with Crippen molar-refractivity contribution in [2.24, 2.45) is 5.92 Å². The maximum atomic E-state index is 12.5. The van der Waals surface area contributed by atoms with Gasteiger partial charge in [-0.1, -0.05) is 18.2 Å². The van der Waals surface area contributed by atoms with Crippen molar-refractivity contribution in [2.45, 2.75) is 45.6 Å². The van der Waals surface area contributed by atoms with Gasteiger partial charge in [-0.2, -0.15) is 0 Å². The molecule has 0 aromatic heterocycles. The number of aliphatic hydroxyl groups is 1. The molecule has 3 rings (SSSR count). The lowest BCUT2D eigenvalue weighted by molar-refractivity contribution is -0.126. The molecule has 0 bridgehead atoms. The summed E-state index contributed by atoms with van der Waals surface area (Å²) in [6, 6.07) is 6.58. The number of hydrogen-bond donors (Lipinski definition) is 2. The van der Waals surface area contributed by atoms with Gasteiger partial charge in [0.1, 0.15) is 0 Å². The first-order chi connectivity index (χ1) is 11.9. The molecule has 134 valence electrons. The Kier molecular flexibility index (Phi) is 4.84. The van der Waals surface area contributed by atoms with Crippen LogP contribution in [0.5, 0.6) is 0 Å². The first-order valence-corrected chi connectivity index (χ1v) is 8.91. The molecule has 1 unspecified atom stereocenters. The summed E-state index contributed by atoms with van der Waals surface area (Å²) in [7, 11) is 1.58. The van der Waals surface area contributed by atoms with Crippen LogP contribution in [-0.2, 0) is 16.0 Å². The van der Waals surface area contributed by atoms with E-state index in [0.29, 0.717) is 5.92 Å². The third-order valence-electron chi connectivity index (χ3n) is 5.33. The van der Waals surface area contributed by atoms with E-state index in [4.69, 9.17) is 0 Å². The van der Waals surface area contributed by atoms with Gasteiger partial charge in [-0.3, -0.25) is 9.59 Å². The van der Waals surface area contributed by atoms with Crippen LogP contribution in [0.4, 0.5) is 0 Å². The van der Waals surface area contributed by atoms with Crippen LogP contribution in [0.15, 0.2) is 29.5 Å². The van der Waals surface area contributed by atoms with E-state index in [1.165, 1.54) is 21.6 Å². The molecule has 0 spiro atoms. The second-order valence-corrected chi connectivity index (χ2v) is 7.36. The molecular formula is C20H26N2O3. The molecule has 1 aliphatic heterocycles. The van der Waals surface area contributed by atoms with Gasteiger partial charge in [-0.15, -0.1) is 0 Å². The van der Waals surface area contributed by atoms with Crippen LogP contribution in [0.25, 0.3) is 0 Å². The Balaban J connectivity index is 1.63. The van der Waals surface area contributed by atoms with Crippen LogP contribution in [0, 0.1) is 19.8 Å². The first kappa shape index (κ1) is 17.5. The van der Waals surface area contributed by atoms with Gasteiger partial charge in [0, 0.05) is 13.1 Å². The Morgan fingerprint density at radius 3 is 2.60 bits per heavy atom. The summed E-state index contributed by atoms with van der Waals surface area (Å²) in [5, 5.41) is 12.9. The molecule has 1 saturated carbocycles. The van der Waals surface area contributed by atoms with Crippen molar-refractivity contribution < 1.29 is 14.7 Å². The highest BCUT2D eigenvalue weighted by Crippen LogP contribution is 2.35. The predicted octanol–water partition coefficient (Wildman–Crippen LogP) is 2.41. The Hall–Kier alpha value is -2.30. The molecule has 1 aromatic carbocycles. The van der Waals surface area contributed by atoms with Crippen LogP contribution >= 0.6 is 0 Å². The molecule has 25 heavy (non-hydrogen) atoms. The lowest BCUT2D eigenvalue weighted by atomic mass is 9.98. The normalized spacial score (nSPS) is 18.7. The van der Waals surface area contributed by atoms with Crippen LogP contribution < -0.4 is 5.32 Å². The summed E-state index contributed by atoms with van der Waals surface area (Å²) >= 11 is 0. The van der Waals surface area contributed by atoms with Gasteiger partial charge in [-0.25, -0.2) is 0 Å². The van der Waals surface area contributed by atoms with E-state index in [0.717, 1.165) is 25.7 Å². The highest BCUT2D eigenvalue weighted by atomic mass is 16.3. The van der Waals surface area contributed by atoms with Gasteiger partial charge in [0.05, 0.1) is 12.1 Å². The van der Waals surface area contributed by atoms with E-state index in [2.05, 4.69) is 37.4 Å². The molecule has 1 heterocycles. The van der Waals surface area contributed by atoms with Crippen molar-refractivity contribution in [3.8, 4) is 0 Å². The molecule has 5 heteroatoms. The van der Waals surface area contributed by atoms with Crippen LogP contribution in [0.2, 0.25) is 0 Å². The third kappa shape index (κ3) is 3.86. The zero-order chi connectivity index (χ0) is 18.1. The summed E-state index contributed by atoms with van der Waals surface area (Å²) in [5.41, 5.74) is 4.03. The minimum absolute atomic E-state index is 0.0930. The Bertz CT molecular complexity index is 734. The van der Waals surface area contributed by atoms with Crippen molar-refractivity contribution in [1.82, 2.24) is 10.2 Å². The van der Waals surface area contributed by atoms with Gasteiger partial charge in [-0.05, 0) is 62.1 Å². The average Bonchev–Trinajstić information content (AvgIpc) is 3.38. The second kappa shape index (κ2) is 6.90. The standard InChI is InChI=1S/C20H26N2O3/c1-12-4-5-14(10-13(12)2)6-9-17(15-7-8-15)21-19(24)16-11-22(3)20(25)18(16)23/h4-5,10,15,17,23H,6-9,11H2,1-3H3,(H,21,24). The number of likely N-dealkylation sites (N-methyl/N-ethyl adjacent to an activating group) is 1. The van der Waals surface area contributed by atoms with E-state index in [1.807, 2.05) is 0 Å². The number of nitrogens with zero attached hydrogens (tertiary/aromatic N) is 1. The molecule has 2 aliphatic rings. The SMILES string of the molecule is Cc1ccc(CCC(NC(=O)C2=C(O)C(=O)N(C)C2)C2CC2)cc1C. The number of aryl methyl sites for hydroxylation is 3. The molecule has 1 aromatic rings. The number of amides is 2. The summed E-state index contributed by atoms with van der Waals surface area (Å²) in [6.45, 7) is 4.39. The van der Waals surface area contributed by atoms with E-state index in [9.17, 15) is 14.7 Å². The van der Waals surface area contributed by atoms with Gasteiger partial charge < -0.3 is 15.3 Å². The highest BCUT2D eigenvalue weighted by Gasteiger charge is 2.36. The van der Waals surface area contributed by atoms with Gasteiger partial charge >= 0.3 is 0 Å². The number of benzene rings is 1. The average molecular weight is 342 g/mol. The molecule has 2 N–H and O–H groups in total. The number of carbonyl (C=O) groups is 2. The Morgan fingerprint density at radius 1 is 1.32 bits per heavy atom. The van der Waals surface area contributed by atoms with Gasteiger partial charge in [0.25, 0.3) is 11.8 Å². The zero-order valence-corrected chi connectivity index (χ0v) is 15.1. The maximum Gasteiger partial charge on any atom is 0.289 e. The topological polar surface area (TPSA) is 69.6 Å². The fraction of sp³-hybridized carbons (Fsp3) is 0.500. The number of aliphatic hydroxyl groups excluding tert-OH is 1. The number of nitrogens with one attached hydrogen (secondary N) is 1. The van der Waals surface area contributed by atoms with E-state index in [-0.39, 0.29) is 24.1 Å². The quantitative estimate of drug-likeness (QED) is 0.834. The Morgan fingerprint density at radius 2 is 2.04 bits per heavy atom. The van der Waals surface area contributed by atoms with Crippen LogP contribution in [0.3, 0.4) is 0 Å². The highest BCUT2D eigenvalue weighted by molar-refractivity contribution is 6.06. The monoisotopic (exact) mass is 342 g/mol. The van der Waals surface area contributed by atoms with E-state index in [1.54, 1.807) is 7.05 Å². The van der Waals surface area contributed by atoms with E-state index < -0.39 is 11.7 Å². The predicted molar refractivity (Wildman–Crippen MR) is 96.2 cm³/mol. The first-order valence-electron chi connectivity index (χ1n) is 8.91. The molecule has 1 aliphatic carbocycles. The van der Waals surface area contributed by atoms with Crippen molar-refractivity contribution in [2.75, 3.05) is 13.6 Å². The number of carbonyl (C=O) groups excluding carboxylic acids is 2. The van der Waals surface area contributed by atoms with Crippen LogP contribution in [0.1, 0.15) is 36.0 Å². The fourth-order valence-corrected chi connectivity index (χ4v) is 3.33.